The van der Waals surface area contributed by atoms with E-state index in [1.54, 1.807) is 0 Å². The van der Waals surface area contributed by atoms with E-state index in [1.807, 2.05) is 0 Å². The highest BCUT2D eigenvalue weighted by Gasteiger charge is 2.29. The first-order chi connectivity index (χ1) is 6.95. The zero-order valence-corrected chi connectivity index (χ0v) is 10.7. The maximum atomic E-state index is 10.2. The van der Waals surface area contributed by atoms with Gasteiger partial charge in [0.15, 0.2) is 0 Å². The zero-order chi connectivity index (χ0) is 11.9. The molecular formula is C7H9Br2O6-. The van der Waals surface area contributed by atoms with Crippen LogP contribution in [0, 0.1) is 5.41 Å². The average Bonchev–Trinajstić information content (AvgIpc) is 2.19. The van der Waals surface area contributed by atoms with Crippen LogP contribution in [0.5, 0.6) is 0 Å². The van der Waals surface area contributed by atoms with Crippen molar-refractivity contribution in [3.63, 3.8) is 0 Å². The number of halogens is 2. The average molecular weight is 349 g/mol. The summed E-state index contributed by atoms with van der Waals surface area (Å²) in [4.78, 5) is 20.3. The fraction of sp³-hybridized carbons (Fsp3) is 0.714. The summed E-state index contributed by atoms with van der Waals surface area (Å²) in [5.41, 5.74) is -0.765. The van der Waals surface area contributed by atoms with Crippen molar-refractivity contribution in [3.8, 4) is 0 Å². The van der Waals surface area contributed by atoms with Crippen LogP contribution in [0.25, 0.3) is 0 Å². The van der Waals surface area contributed by atoms with Crippen LogP contribution in [0.3, 0.4) is 0 Å². The summed E-state index contributed by atoms with van der Waals surface area (Å²) in [6, 6.07) is 0. The zero-order valence-electron chi connectivity index (χ0n) is 7.57. The second kappa shape index (κ2) is 6.89. The van der Waals surface area contributed by atoms with Crippen LogP contribution in [-0.4, -0.2) is 41.3 Å². The van der Waals surface area contributed by atoms with Crippen molar-refractivity contribution in [2.45, 2.75) is 0 Å². The van der Waals surface area contributed by atoms with Gasteiger partial charge in [0.2, 0.25) is 0 Å². The lowest BCUT2D eigenvalue weighted by Gasteiger charge is -2.30. The van der Waals surface area contributed by atoms with E-state index in [4.69, 9.17) is 5.11 Å². The van der Waals surface area contributed by atoms with Crippen LogP contribution in [-0.2, 0) is 9.47 Å². The Morgan fingerprint density at radius 1 is 1.20 bits per heavy atom. The van der Waals surface area contributed by atoms with Crippen LogP contribution >= 0.6 is 31.9 Å². The van der Waals surface area contributed by atoms with E-state index in [0.717, 1.165) is 0 Å². The van der Waals surface area contributed by atoms with Crippen molar-refractivity contribution in [1.29, 1.82) is 0 Å². The molecule has 1 N–H and O–H groups in total. The third-order valence-electron chi connectivity index (χ3n) is 1.56. The van der Waals surface area contributed by atoms with Crippen LogP contribution in [0.15, 0.2) is 0 Å². The molecule has 0 rings (SSSR count). The smallest absolute Gasteiger partial charge is 0.505 e. The van der Waals surface area contributed by atoms with Crippen molar-refractivity contribution in [2.24, 2.45) is 5.41 Å². The highest BCUT2D eigenvalue weighted by Crippen LogP contribution is 2.24. The van der Waals surface area contributed by atoms with Gasteiger partial charge in [0, 0.05) is 22.7 Å². The van der Waals surface area contributed by atoms with Gasteiger partial charge in [0.25, 0.3) is 6.16 Å². The van der Waals surface area contributed by atoms with Crippen molar-refractivity contribution in [1.82, 2.24) is 0 Å². The maximum absolute atomic E-state index is 10.2. The first kappa shape index (κ1) is 14.5. The van der Waals surface area contributed by atoms with Crippen LogP contribution in [0.2, 0.25) is 0 Å². The van der Waals surface area contributed by atoms with Gasteiger partial charge < -0.3 is 24.5 Å². The Bertz CT molecular complexity index is 208. The third-order valence-corrected chi connectivity index (χ3v) is 3.94. The summed E-state index contributed by atoms with van der Waals surface area (Å²) in [6.07, 6.45) is -3.08. The van der Waals surface area contributed by atoms with Gasteiger partial charge in [0.1, 0.15) is 6.61 Å². The molecule has 0 unspecified atom stereocenters. The summed E-state index contributed by atoms with van der Waals surface area (Å²) < 4.78 is 8.68. The minimum absolute atomic E-state index is 0.174. The summed E-state index contributed by atoms with van der Waals surface area (Å²) in [7, 11) is 0. The molecule has 0 aliphatic carbocycles. The predicted octanol–water partition coefficient (Wildman–Crippen LogP) is 0.817. The van der Waals surface area contributed by atoms with Crippen molar-refractivity contribution in [2.75, 3.05) is 23.9 Å². The standard InChI is InChI=1S/C7H10Br2O6/c8-1-7(2-9,3-14-5(10)11)4-15-6(12)13/h1-4H2,(H,10,11)(H,12,13)/p-1. The molecule has 0 saturated carbocycles. The summed E-state index contributed by atoms with van der Waals surface area (Å²) in [5.74, 6) is 0. The Morgan fingerprint density at radius 2 is 1.67 bits per heavy atom. The number of rotatable bonds is 6. The number of hydrogen-bond acceptors (Lipinski definition) is 5. The van der Waals surface area contributed by atoms with E-state index < -0.39 is 17.7 Å². The lowest BCUT2D eigenvalue weighted by molar-refractivity contribution is -0.285. The van der Waals surface area contributed by atoms with Gasteiger partial charge in [-0.1, -0.05) is 31.9 Å². The molecule has 0 saturated heterocycles. The third kappa shape index (κ3) is 5.83. The van der Waals surface area contributed by atoms with Crippen molar-refractivity contribution in [3.05, 3.63) is 0 Å². The van der Waals surface area contributed by atoms with Gasteiger partial charge in [-0.2, -0.15) is 0 Å². The molecule has 0 amide bonds. The van der Waals surface area contributed by atoms with Crippen molar-refractivity contribution < 1.29 is 29.3 Å². The Labute approximate surface area is 103 Å². The van der Waals surface area contributed by atoms with Crippen molar-refractivity contribution >= 4 is 44.2 Å². The molecule has 15 heavy (non-hydrogen) atoms. The second-order valence-corrected chi connectivity index (χ2v) is 3.98. The van der Waals surface area contributed by atoms with E-state index in [-0.39, 0.29) is 13.2 Å². The predicted molar refractivity (Wildman–Crippen MR) is 55.3 cm³/mol. The lowest BCUT2D eigenvalue weighted by atomic mass is 9.96. The molecule has 0 fully saturated rings. The molecule has 0 bridgehead atoms. The van der Waals surface area contributed by atoms with E-state index in [0.29, 0.717) is 10.7 Å². The minimum Gasteiger partial charge on any atom is -0.549 e. The molecular weight excluding hydrogens is 340 g/mol. The highest BCUT2D eigenvalue weighted by atomic mass is 79.9. The largest absolute Gasteiger partial charge is 0.549 e. The maximum Gasteiger partial charge on any atom is 0.505 e. The second-order valence-electron chi connectivity index (χ2n) is 2.86. The van der Waals surface area contributed by atoms with Gasteiger partial charge in [-0.15, -0.1) is 0 Å². The normalized spacial score (nSPS) is 10.8. The van der Waals surface area contributed by atoms with Crippen LogP contribution < -0.4 is 5.11 Å². The minimum atomic E-state index is -1.66. The van der Waals surface area contributed by atoms with E-state index in [1.165, 1.54) is 0 Å². The van der Waals surface area contributed by atoms with Gasteiger partial charge in [0.05, 0.1) is 0 Å². The Morgan fingerprint density at radius 3 is 2.00 bits per heavy atom. The molecule has 0 heterocycles. The fourth-order valence-electron chi connectivity index (χ4n) is 0.659. The number of ether oxygens (including phenoxy) is 2. The summed E-state index contributed by atoms with van der Waals surface area (Å²) >= 11 is 6.27. The molecule has 8 heteroatoms. The highest BCUT2D eigenvalue weighted by molar-refractivity contribution is 9.09. The monoisotopic (exact) mass is 347 g/mol. The summed E-state index contributed by atoms with van der Waals surface area (Å²) in [5, 5.41) is 19.1. The summed E-state index contributed by atoms with van der Waals surface area (Å²) in [6.45, 7) is -0.384. The quantitative estimate of drug-likeness (QED) is 0.564. The first-order valence-electron chi connectivity index (χ1n) is 3.77. The SMILES string of the molecule is O=C([O-])OCC(CBr)(CBr)COC(=O)O. The number of alkyl halides is 2. The molecule has 0 aliphatic heterocycles. The van der Waals surface area contributed by atoms with Gasteiger partial charge in [-0.25, -0.2) is 4.79 Å². The topological polar surface area (TPSA) is 95.9 Å². The number of carboxylic acid groups (broad SMARTS) is 2. The first-order valence-corrected chi connectivity index (χ1v) is 6.01. The lowest BCUT2D eigenvalue weighted by Crippen LogP contribution is -2.39. The Balaban J connectivity index is 4.29. The number of carbonyl (C=O) groups is 2. The number of carbonyl (C=O) groups excluding carboxylic acids is 1. The fourth-order valence-corrected chi connectivity index (χ4v) is 2.23. The van der Waals surface area contributed by atoms with Crippen LogP contribution in [0.1, 0.15) is 0 Å². The number of hydrogen-bond donors (Lipinski definition) is 1. The van der Waals surface area contributed by atoms with Crippen LogP contribution in [0.4, 0.5) is 9.59 Å². The van der Waals surface area contributed by atoms with Gasteiger partial charge in [-0.05, 0) is 0 Å². The van der Waals surface area contributed by atoms with E-state index in [9.17, 15) is 14.7 Å². The van der Waals surface area contributed by atoms with Gasteiger partial charge >= 0.3 is 6.16 Å². The molecule has 0 atom stereocenters. The Kier molecular flexibility index (Phi) is 6.66. The molecule has 0 aromatic carbocycles. The Hall–Kier alpha value is -0.500. The van der Waals surface area contributed by atoms with E-state index >= 15 is 0 Å². The molecule has 0 aromatic rings. The molecule has 0 aromatic heterocycles. The van der Waals surface area contributed by atoms with E-state index in [2.05, 4.69) is 41.3 Å². The molecule has 6 nitrogen and oxygen atoms in total. The molecule has 0 spiro atoms. The molecule has 0 radical (unpaired) electrons. The van der Waals surface area contributed by atoms with Gasteiger partial charge in [-0.3, -0.25) is 0 Å². The molecule has 88 valence electrons. The molecule has 0 aliphatic rings.